The summed E-state index contributed by atoms with van der Waals surface area (Å²) in [6, 6.07) is -0.875. The fourth-order valence-corrected chi connectivity index (χ4v) is 1.65. The number of hydrogen-bond acceptors (Lipinski definition) is 4. The number of nitrogens with two attached hydrogens (primary N) is 1. The normalized spacial score (nSPS) is 17.4. The first-order valence-electron chi connectivity index (χ1n) is 5.44. The van der Waals surface area contributed by atoms with E-state index < -0.39 is 12.0 Å². The molecule has 1 atom stereocenters. The summed E-state index contributed by atoms with van der Waals surface area (Å²) in [5.41, 5.74) is 5.40. The summed E-state index contributed by atoms with van der Waals surface area (Å²) >= 11 is 0. The van der Waals surface area contributed by atoms with Crippen molar-refractivity contribution < 1.29 is 14.7 Å². The second kappa shape index (κ2) is 5.48. The highest BCUT2D eigenvalue weighted by Crippen LogP contribution is 2.16. The summed E-state index contributed by atoms with van der Waals surface area (Å²) in [5.74, 6) is -1.17. The second-order valence-corrected chi connectivity index (χ2v) is 3.86. The van der Waals surface area contributed by atoms with Crippen molar-refractivity contribution in [2.24, 2.45) is 10.8 Å². The molecule has 0 saturated carbocycles. The number of amides is 1. The van der Waals surface area contributed by atoms with Gasteiger partial charge in [-0.3, -0.25) is 4.79 Å². The lowest BCUT2D eigenvalue weighted by atomic mass is 10.1. The molecule has 1 aliphatic rings. The molecular weight excluding hydrogens is 210 g/mol. The van der Waals surface area contributed by atoms with Crippen molar-refractivity contribution in [1.29, 1.82) is 0 Å². The Morgan fingerprint density at radius 1 is 1.62 bits per heavy atom. The van der Waals surface area contributed by atoms with Gasteiger partial charge in [0.15, 0.2) is 6.04 Å². The number of carboxylic acid groups (broad SMARTS) is 1. The number of rotatable bonds is 6. The number of nitrogens with zero attached hydrogens (tertiary/aromatic N) is 2. The van der Waals surface area contributed by atoms with Crippen LogP contribution in [0.5, 0.6) is 0 Å². The predicted octanol–water partition coefficient (Wildman–Crippen LogP) is 0.524. The molecule has 90 valence electrons. The molecule has 0 aromatic carbocycles. The summed E-state index contributed by atoms with van der Waals surface area (Å²) in [4.78, 5) is 22.5. The Balaban J connectivity index is 2.63. The molecule has 0 spiro atoms. The lowest BCUT2D eigenvalue weighted by Crippen LogP contribution is -2.39. The number of hydrogen-bond donors (Lipinski definition) is 2. The maximum Gasteiger partial charge on any atom is 0.328 e. The third-order valence-corrected chi connectivity index (χ3v) is 2.49. The van der Waals surface area contributed by atoms with E-state index in [1.54, 1.807) is 0 Å². The minimum atomic E-state index is -1.03. The van der Waals surface area contributed by atoms with Gasteiger partial charge in [0, 0.05) is 0 Å². The first kappa shape index (κ1) is 12.5. The molecule has 0 fully saturated rings. The third-order valence-electron chi connectivity index (χ3n) is 2.49. The van der Waals surface area contributed by atoms with Gasteiger partial charge >= 0.3 is 5.97 Å². The molecule has 3 N–H and O–H groups in total. The first-order valence-corrected chi connectivity index (χ1v) is 5.44. The summed E-state index contributed by atoms with van der Waals surface area (Å²) in [6.45, 7) is 2.03. The highest BCUT2D eigenvalue weighted by molar-refractivity contribution is 6.04. The Morgan fingerprint density at radius 2 is 2.31 bits per heavy atom. The van der Waals surface area contributed by atoms with E-state index in [0.717, 1.165) is 24.3 Å². The summed E-state index contributed by atoms with van der Waals surface area (Å²) < 4.78 is 0. The van der Waals surface area contributed by atoms with Gasteiger partial charge in [-0.15, -0.1) is 0 Å². The number of hydrazone groups is 1. The van der Waals surface area contributed by atoms with Gasteiger partial charge in [0.25, 0.3) is 5.91 Å². The van der Waals surface area contributed by atoms with E-state index in [0.29, 0.717) is 6.42 Å². The summed E-state index contributed by atoms with van der Waals surface area (Å²) in [5, 5.41) is 13.8. The highest BCUT2D eigenvalue weighted by atomic mass is 16.4. The van der Waals surface area contributed by atoms with E-state index in [2.05, 4.69) is 5.10 Å². The van der Waals surface area contributed by atoms with Crippen molar-refractivity contribution >= 4 is 17.7 Å². The van der Waals surface area contributed by atoms with E-state index in [9.17, 15) is 9.59 Å². The maximum absolute atomic E-state index is 11.4. The van der Waals surface area contributed by atoms with Gasteiger partial charge in [0.2, 0.25) is 0 Å². The predicted molar refractivity (Wildman–Crippen MR) is 58.7 cm³/mol. The molecule has 1 amide bonds. The van der Waals surface area contributed by atoms with Gasteiger partial charge in [-0.05, 0) is 6.42 Å². The average Bonchev–Trinajstić information content (AvgIpc) is 2.52. The van der Waals surface area contributed by atoms with E-state index in [4.69, 9.17) is 10.8 Å². The van der Waals surface area contributed by atoms with Crippen molar-refractivity contribution in [3.8, 4) is 0 Å². The van der Waals surface area contributed by atoms with Gasteiger partial charge in [-0.2, -0.15) is 5.10 Å². The van der Waals surface area contributed by atoms with Gasteiger partial charge in [0.1, 0.15) is 5.84 Å². The van der Waals surface area contributed by atoms with E-state index in [-0.39, 0.29) is 18.2 Å². The molecule has 0 aliphatic carbocycles. The third kappa shape index (κ3) is 2.95. The van der Waals surface area contributed by atoms with Crippen LogP contribution in [0.3, 0.4) is 0 Å². The molecule has 1 heterocycles. The van der Waals surface area contributed by atoms with Crippen LogP contribution in [0, 0.1) is 0 Å². The van der Waals surface area contributed by atoms with Crippen LogP contribution in [0.25, 0.3) is 0 Å². The van der Waals surface area contributed by atoms with Crippen LogP contribution in [0.15, 0.2) is 5.10 Å². The number of carbonyl (C=O) groups is 2. The van der Waals surface area contributed by atoms with E-state index in [1.807, 2.05) is 6.92 Å². The number of amidine groups is 1. The standard InChI is InChI=1S/C10H17N3O3/c1-2-3-4-5-7(10(15)16)13-9(14)6-8(11)12-13/h7H,2-6H2,1H3,(H2,11,12)(H,15,16). The maximum atomic E-state index is 11.4. The van der Waals surface area contributed by atoms with Crippen molar-refractivity contribution in [3.63, 3.8) is 0 Å². The van der Waals surface area contributed by atoms with Gasteiger partial charge in [-0.1, -0.05) is 26.2 Å². The quantitative estimate of drug-likeness (QED) is 0.647. The van der Waals surface area contributed by atoms with Crippen LogP contribution in [0.2, 0.25) is 0 Å². The van der Waals surface area contributed by atoms with Crippen LogP contribution in [0.4, 0.5) is 0 Å². The summed E-state index contributed by atoms with van der Waals surface area (Å²) in [6.07, 6.45) is 3.17. The number of unbranched alkanes of at least 4 members (excludes halogenated alkanes) is 2. The van der Waals surface area contributed by atoms with Crippen LogP contribution < -0.4 is 5.73 Å². The first-order chi connectivity index (χ1) is 7.56. The Bertz CT molecular complexity index is 314. The highest BCUT2D eigenvalue weighted by Gasteiger charge is 2.33. The SMILES string of the molecule is CCCCCC(C(=O)O)N1N=C(N)CC1=O. The Labute approximate surface area is 94.1 Å². The van der Waals surface area contributed by atoms with Crippen molar-refractivity contribution in [2.45, 2.75) is 45.1 Å². The van der Waals surface area contributed by atoms with E-state index >= 15 is 0 Å². The minimum absolute atomic E-state index is 0.0254. The van der Waals surface area contributed by atoms with Crippen molar-refractivity contribution in [2.75, 3.05) is 0 Å². The van der Waals surface area contributed by atoms with Crippen LogP contribution in [0.1, 0.15) is 39.0 Å². The molecule has 6 heteroatoms. The molecule has 6 nitrogen and oxygen atoms in total. The largest absolute Gasteiger partial charge is 0.480 e. The topological polar surface area (TPSA) is 96.0 Å². The fourth-order valence-electron chi connectivity index (χ4n) is 1.65. The zero-order valence-corrected chi connectivity index (χ0v) is 9.35. The lowest BCUT2D eigenvalue weighted by Gasteiger charge is -2.20. The van der Waals surface area contributed by atoms with E-state index in [1.165, 1.54) is 0 Å². The van der Waals surface area contributed by atoms with Gasteiger partial charge < -0.3 is 10.8 Å². The number of carboxylic acids is 1. The molecular formula is C10H17N3O3. The fraction of sp³-hybridized carbons (Fsp3) is 0.700. The van der Waals surface area contributed by atoms with Crippen LogP contribution in [-0.2, 0) is 9.59 Å². The van der Waals surface area contributed by atoms with Crippen LogP contribution in [-0.4, -0.2) is 33.9 Å². The van der Waals surface area contributed by atoms with Gasteiger partial charge in [-0.25, -0.2) is 9.80 Å². The Kier molecular flexibility index (Phi) is 4.28. The average molecular weight is 227 g/mol. The Hall–Kier alpha value is -1.59. The van der Waals surface area contributed by atoms with Crippen molar-refractivity contribution in [1.82, 2.24) is 5.01 Å². The smallest absolute Gasteiger partial charge is 0.328 e. The zero-order chi connectivity index (χ0) is 12.1. The van der Waals surface area contributed by atoms with Crippen LogP contribution >= 0.6 is 0 Å². The van der Waals surface area contributed by atoms with Gasteiger partial charge in [0.05, 0.1) is 6.42 Å². The molecule has 0 aromatic heterocycles. The molecule has 1 aliphatic heterocycles. The minimum Gasteiger partial charge on any atom is -0.480 e. The molecule has 1 unspecified atom stereocenters. The molecule has 1 rings (SSSR count). The molecule has 0 radical (unpaired) electrons. The molecule has 16 heavy (non-hydrogen) atoms. The summed E-state index contributed by atoms with van der Waals surface area (Å²) in [7, 11) is 0. The Morgan fingerprint density at radius 3 is 2.75 bits per heavy atom. The van der Waals surface area contributed by atoms with Crippen molar-refractivity contribution in [3.05, 3.63) is 0 Å². The molecule has 0 saturated heterocycles. The molecule has 0 bridgehead atoms. The number of aliphatic carboxylic acids is 1. The second-order valence-electron chi connectivity index (χ2n) is 3.86. The lowest BCUT2D eigenvalue weighted by molar-refractivity contribution is -0.149. The monoisotopic (exact) mass is 227 g/mol. The molecule has 0 aromatic rings. The number of carbonyl (C=O) groups excluding carboxylic acids is 1. The zero-order valence-electron chi connectivity index (χ0n) is 9.35.